The number of nitrogen functional groups attached to an aromatic ring is 1. The molecule has 0 aliphatic carbocycles. The molecule has 5 aromatic rings. The monoisotopic (exact) mass is 540 g/mol. The topological polar surface area (TPSA) is 116 Å². The summed E-state index contributed by atoms with van der Waals surface area (Å²) in [6.07, 6.45) is 1.97. The van der Waals surface area contributed by atoms with E-state index in [-0.39, 0.29) is 22.0 Å². The summed E-state index contributed by atoms with van der Waals surface area (Å²) in [7, 11) is -2.23. The first-order chi connectivity index (χ1) is 18.5. The molecule has 0 spiro atoms. The Bertz CT molecular complexity index is 1840. The predicted molar refractivity (Wildman–Crippen MR) is 152 cm³/mol. The lowest BCUT2D eigenvalue weighted by Gasteiger charge is -2.16. The van der Waals surface area contributed by atoms with Gasteiger partial charge in [0.1, 0.15) is 11.3 Å². The molecule has 39 heavy (non-hydrogen) atoms. The zero-order chi connectivity index (χ0) is 27.9. The highest BCUT2D eigenvalue weighted by molar-refractivity contribution is 7.90. The van der Waals surface area contributed by atoms with Crippen LogP contribution in [0.25, 0.3) is 22.2 Å². The van der Waals surface area contributed by atoms with Gasteiger partial charge in [0, 0.05) is 35.4 Å². The molecule has 3 aromatic carbocycles. The minimum Gasteiger partial charge on any atom is -0.438 e. The zero-order valence-corrected chi connectivity index (χ0v) is 22.8. The highest BCUT2D eigenvalue weighted by Gasteiger charge is 2.24. The minimum atomic E-state index is -4.20. The smallest absolute Gasteiger partial charge is 0.270 e. The molecule has 5 rings (SSSR count). The fourth-order valence-corrected chi connectivity index (χ4v) is 5.73. The maximum Gasteiger partial charge on any atom is 0.270 e. The molecule has 9 heteroatoms. The van der Waals surface area contributed by atoms with Gasteiger partial charge in [-0.3, -0.25) is 4.79 Å². The Morgan fingerprint density at radius 3 is 2.38 bits per heavy atom. The van der Waals surface area contributed by atoms with Gasteiger partial charge in [0.05, 0.1) is 10.6 Å². The van der Waals surface area contributed by atoms with Crippen molar-refractivity contribution in [3.8, 4) is 22.9 Å². The van der Waals surface area contributed by atoms with Crippen LogP contribution in [0.5, 0.6) is 11.6 Å². The van der Waals surface area contributed by atoms with E-state index >= 15 is 0 Å². The second-order valence-corrected chi connectivity index (χ2v) is 11.2. The van der Waals surface area contributed by atoms with Crippen molar-refractivity contribution in [2.24, 2.45) is 7.05 Å². The molecule has 0 unspecified atom stereocenters. The quantitative estimate of drug-likeness (QED) is 0.269. The van der Waals surface area contributed by atoms with E-state index < -0.39 is 15.9 Å². The summed E-state index contributed by atoms with van der Waals surface area (Å²) in [4.78, 5) is 18.0. The Hall–Kier alpha value is -4.63. The number of carbonyl (C=O) groups excluding carboxylic acids is 1. The molecule has 0 atom stereocenters. The van der Waals surface area contributed by atoms with Crippen molar-refractivity contribution in [1.82, 2.24) is 14.3 Å². The Morgan fingerprint density at radius 2 is 1.67 bits per heavy atom. The standard InChI is InChI=1S/C30H28N4O4S/c1-18-15-19(2)28(20(3)16-18)38-30-25(29(35)33-39(36,37)22-8-5-7-21(31)17-22)11-12-26(32-30)23-9-6-10-27-24(23)13-14-34(27)4/h5-17H,31H2,1-4H3,(H,33,35). The lowest BCUT2D eigenvalue weighted by Crippen LogP contribution is -2.31. The molecule has 8 nitrogen and oxygen atoms in total. The van der Waals surface area contributed by atoms with Gasteiger partial charge in [0.2, 0.25) is 5.88 Å². The van der Waals surface area contributed by atoms with Crippen LogP contribution < -0.4 is 15.2 Å². The van der Waals surface area contributed by atoms with Crippen molar-refractivity contribution < 1.29 is 17.9 Å². The third-order valence-corrected chi connectivity index (χ3v) is 7.84. The third-order valence-electron chi connectivity index (χ3n) is 6.51. The number of carbonyl (C=O) groups is 1. The maximum atomic E-state index is 13.4. The van der Waals surface area contributed by atoms with Gasteiger partial charge < -0.3 is 15.0 Å². The molecule has 1 amide bonds. The Morgan fingerprint density at radius 1 is 0.949 bits per heavy atom. The summed E-state index contributed by atoms with van der Waals surface area (Å²) in [6.45, 7) is 5.81. The molecule has 2 heterocycles. The molecule has 2 aromatic heterocycles. The van der Waals surface area contributed by atoms with Crippen LogP contribution in [0.3, 0.4) is 0 Å². The summed E-state index contributed by atoms with van der Waals surface area (Å²) < 4.78 is 36.4. The Labute approximate surface area is 227 Å². The number of nitrogens with zero attached hydrogens (tertiary/aromatic N) is 2. The number of rotatable bonds is 6. The number of nitrogens with one attached hydrogen (secondary N) is 1. The van der Waals surface area contributed by atoms with Crippen molar-refractivity contribution in [1.29, 1.82) is 0 Å². The first kappa shape index (κ1) is 26.0. The van der Waals surface area contributed by atoms with Crippen molar-refractivity contribution in [2.45, 2.75) is 25.7 Å². The van der Waals surface area contributed by atoms with Gasteiger partial charge in [-0.2, -0.15) is 0 Å². The van der Waals surface area contributed by atoms with Crippen molar-refractivity contribution in [2.75, 3.05) is 5.73 Å². The third kappa shape index (κ3) is 5.08. The number of amides is 1. The molecular formula is C30H28N4O4S. The number of fused-ring (bicyclic) bond motifs is 1. The predicted octanol–water partition coefficient (Wildman–Crippen LogP) is 5.66. The summed E-state index contributed by atoms with van der Waals surface area (Å²) in [5.74, 6) is -0.321. The fourth-order valence-electron chi connectivity index (χ4n) is 4.71. The Balaban J connectivity index is 1.61. The van der Waals surface area contributed by atoms with Gasteiger partial charge in [0.15, 0.2) is 0 Å². The van der Waals surface area contributed by atoms with Crippen molar-refractivity contribution in [3.63, 3.8) is 0 Å². The summed E-state index contributed by atoms with van der Waals surface area (Å²) >= 11 is 0. The number of benzene rings is 3. The Kier molecular flexibility index (Phi) is 6.61. The van der Waals surface area contributed by atoms with E-state index in [0.717, 1.165) is 33.2 Å². The maximum absolute atomic E-state index is 13.4. The number of aryl methyl sites for hydroxylation is 4. The fraction of sp³-hybridized carbons (Fsp3) is 0.133. The molecule has 3 N–H and O–H groups in total. The van der Waals surface area contributed by atoms with E-state index in [1.165, 1.54) is 24.3 Å². The van der Waals surface area contributed by atoms with E-state index in [0.29, 0.717) is 11.4 Å². The van der Waals surface area contributed by atoms with E-state index in [2.05, 4.69) is 4.72 Å². The van der Waals surface area contributed by atoms with Crippen LogP contribution >= 0.6 is 0 Å². The van der Waals surface area contributed by atoms with Gasteiger partial charge in [-0.15, -0.1) is 0 Å². The number of aromatic nitrogens is 2. The van der Waals surface area contributed by atoms with Crippen LogP contribution in [0.15, 0.2) is 83.9 Å². The van der Waals surface area contributed by atoms with Crippen LogP contribution in [-0.2, 0) is 17.1 Å². The molecule has 198 valence electrons. The molecule has 0 bridgehead atoms. The molecule has 0 radical (unpaired) electrons. The summed E-state index contributed by atoms with van der Waals surface area (Å²) in [5.41, 5.74) is 11.3. The molecule has 0 saturated heterocycles. The van der Waals surface area contributed by atoms with Crippen molar-refractivity contribution >= 4 is 32.5 Å². The van der Waals surface area contributed by atoms with E-state index in [9.17, 15) is 13.2 Å². The van der Waals surface area contributed by atoms with Crippen LogP contribution in [0.2, 0.25) is 0 Å². The van der Waals surface area contributed by atoms with E-state index in [1.807, 2.05) is 75.0 Å². The first-order valence-electron chi connectivity index (χ1n) is 12.3. The first-order valence-corrected chi connectivity index (χ1v) is 13.8. The van der Waals surface area contributed by atoms with E-state index in [4.69, 9.17) is 15.5 Å². The van der Waals surface area contributed by atoms with Crippen LogP contribution in [0.1, 0.15) is 27.0 Å². The number of hydrogen-bond acceptors (Lipinski definition) is 6. The number of anilines is 1. The molecule has 0 fully saturated rings. The lowest BCUT2D eigenvalue weighted by atomic mass is 10.1. The molecule has 0 saturated carbocycles. The normalized spacial score (nSPS) is 11.5. The average molecular weight is 541 g/mol. The summed E-state index contributed by atoms with van der Waals surface area (Å²) in [5, 5.41) is 0.989. The number of hydrogen-bond donors (Lipinski definition) is 2. The number of nitrogens with two attached hydrogens (primary N) is 1. The molecule has 0 aliphatic rings. The van der Waals surface area contributed by atoms with Gasteiger partial charge in [-0.25, -0.2) is 18.1 Å². The lowest BCUT2D eigenvalue weighted by molar-refractivity contribution is 0.0978. The minimum absolute atomic E-state index is 0.00392. The zero-order valence-electron chi connectivity index (χ0n) is 22.0. The SMILES string of the molecule is Cc1cc(C)c(Oc2nc(-c3cccc4c3ccn4C)ccc2C(=O)NS(=O)(=O)c2cccc(N)c2)c(C)c1. The van der Waals surface area contributed by atoms with Crippen LogP contribution in [0.4, 0.5) is 5.69 Å². The second kappa shape index (κ2) is 9.92. The van der Waals surface area contributed by atoms with Crippen molar-refractivity contribution in [3.05, 3.63) is 101 Å². The average Bonchev–Trinajstić information content (AvgIpc) is 3.26. The van der Waals surface area contributed by atoms with Crippen LogP contribution in [0, 0.1) is 20.8 Å². The highest BCUT2D eigenvalue weighted by Crippen LogP contribution is 2.34. The van der Waals surface area contributed by atoms with Crippen LogP contribution in [-0.4, -0.2) is 23.9 Å². The largest absolute Gasteiger partial charge is 0.438 e. The second-order valence-electron chi connectivity index (χ2n) is 9.55. The number of ether oxygens (including phenoxy) is 1. The summed E-state index contributed by atoms with van der Waals surface area (Å²) in [6, 6.07) is 20.8. The van der Waals surface area contributed by atoms with Gasteiger partial charge in [-0.05, 0) is 74.4 Å². The number of pyridine rings is 1. The molecular weight excluding hydrogens is 512 g/mol. The number of sulfonamides is 1. The molecule has 0 aliphatic heterocycles. The van der Waals surface area contributed by atoms with E-state index in [1.54, 1.807) is 12.1 Å². The highest BCUT2D eigenvalue weighted by atomic mass is 32.2. The van der Waals surface area contributed by atoms with Gasteiger partial charge in [-0.1, -0.05) is 35.9 Å². The van der Waals surface area contributed by atoms with Gasteiger partial charge >= 0.3 is 0 Å². The van der Waals surface area contributed by atoms with Gasteiger partial charge in [0.25, 0.3) is 15.9 Å².